The van der Waals surface area contributed by atoms with Crippen molar-refractivity contribution in [3.05, 3.63) is 41.7 Å². The van der Waals surface area contributed by atoms with Gasteiger partial charge in [-0.15, -0.1) is 6.58 Å². The molecule has 1 heterocycles. The van der Waals surface area contributed by atoms with Gasteiger partial charge in [0.2, 0.25) is 0 Å². The van der Waals surface area contributed by atoms with Gasteiger partial charge in [0.05, 0.1) is 6.10 Å². The van der Waals surface area contributed by atoms with Crippen LogP contribution in [0.1, 0.15) is 23.1 Å². The van der Waals surface area contributed by atoms with Crippen LogP contribution in [-0.4, -0.2) is 10.1 Å². The van der Waals surface area contributed by atoms with Crippen molar-refractivity contribution in [3.63, 3.8) is 0 Å². The smallest absolute Gasteiger partial charge is 0.0986 e. The average molecular weight is 163 g/mol. The number of aliphatic hydroxyl groups excluding tert-OH is 1. The summed E-state index contributed by atoms with van der Waals surface area (Å²) >= 11 is 0. The van der Waals surface area contributed by atoms with E-state index in [1.807, 2.05) is 26.0 Å². The lowest BCUT2D eigenvalue weighted by Crippen LogP contribution is -1.99. The highest BCUT2D eigenvalue weighted by Gasteiger charge is 2.06. The van der Waals surface area contributed by atoms with E-state index in [0.29, 0.717) is 0 Å². The minimum Gasteiger partial charge on any atom is -0.384 e. The van der Waals surface area contributed by atoms with Crippen LogP contribution in [0.15, 0.2) is 24.8 Å². The molecule has 0 saturated heterocycles. The second-order valence-electron chi connectivity index (χ2n) is 2.81. The van der Waals surface area contributed by atoms with Gasteiger partial charge in [-0.2, -0.15) is 0 Å². The molecule has 0 saturated carbocycles. The molecule has 0 aliphatic carbocycles. The molecule has 2 nitrogen and oxygen atoms in total. The van der Waals surface area contributed by atoms with E-state index in [-0.39, 0.29) is 0 Å². The highest BCUT2D eigenvalue weighted by molar-refractivity contribution is 5.26. The fourth-order valence-corrected chi connectivity index (χ4v) is 1.14. The summed E-state index contributed by atoms with van der Waals surface area (Å²) in [4.78, 5) is 4.23. The topological polar surface area (TPSA) is 33.1 Å². The Morgan fingerprint density at radius 2 is 2.17 bits per heavy atom. The Balaban J connectivity index is 3.09. The molecule has 0 bridgehead atoms. The molecular formula is C10H13NO. The molecule has 64 valence electrons. The second kappa shape index (κ2) is 3.50. The van der Waals surface area contributed by atoms with Crippen LogP contribution in [0, 0.1) is 13.8 Å². The van der Waals surface area contributed by atoms with Crippen molar-refractivity contribution in [2.24, 2.45) is 0 Å². The molecule has 2 heteroatoms. The van der Waals surface area contributed by atoms with Crippen molar-refractivity contribution < 1.29 is 5.11 Å². The molecule has 1 rings (SSSR count). The molecule has 0 fully saturated rings. The van der Waals surface area contributed by atoms with E-state index in [1.54, 1.807) is 0 Å². The summed E-state index contributed by atoms with van der Waals surface area (Å²) in [7, 11) is 0. The summed E-state index contributed by atoms with van der Waals surface area (Å²) in [5.74, 6) is 0. The summed E-state index contributed by atoms with van der Waals surface area (Å²) in [6.07, 6.45) is 0.900. The van der Waals surface area contributed by atoms with Gasteiger partial charge in [-0.05, 0) is 19.9 Å². The predicted molar refractivity (Wildman–Crippen MR) is 48.9 cm³/mol. The van der Waals surface area contributed by atoms with Gasteiger partial charge >= 0.3 is 0 Å². The number of hydrogen-bond acceptors (Lipinski definition) is 2. The van der Waals surface area contributed by atoms with E-state index in [9.17, 15) is 5.11 Å². The lowest BCUT2D eigenvalue weighted by molar-refractivity contribution is 0.227. The van der Waals surface area contributed by atoms with Gasteiger partial charge in [0.1, 0.15) is 0 Å². The van der Waals surface area contributed by atoms with Crippen molar-refractivity contribution in [1.82, 2.24) is 4.98 Å². The lowest BCUT2D eigenvalue weighted by Gasteiger charge is -2.08. The van der Waals surface area contributed by atoms with E-state index in [2.05, 4.69) is 11.6 Å². The van der Waals surface area contributed by atoms with Crippen molar-refractivity contribution >= 4 is 0 Å². The minimum absolute atomic E-state index is 0.599. The number of hydrogen-bond donors (Lipinski definition) is 1. The number of aryl methyl sites for hydroxylation is 2. The van der Waals surface area contributed by atoms with Gasteiger partial charge in [0.25, 0.3) is 0 Å². The van der Waals surface area contributed by atoms with Gasteiger partial charge in [-0.25, -0.2) is 0 Å². The molecule has 0 radical (unpaired) electrons. The monoisotopic (exact) mass is 163 g/mol. The summed E-state index contributed by atoms with van der Waals surface area (Å²) in [6.45, 7) is 7.33. The summed E-state index contributed by atoms with van der Waals surface area (Å²) < 4.78 is 0. The molecule has 0 aromatic carbocycles. The second-order valence-corrected chi connectivity index (χ2v) is 2.81. The van der Waals surface area contributed by atoms with Crippen LogP contribution in [0.3, 0.4) is 0 Å². The molecular weight excluding hydrogens is 150 g/mol. The van der Waals surface area contributed by atoms with E-state index >= 15 is 0 Å². The molecule has 1 atom stereocenters. The first-order valence-corrected chi connectivity index (χ1v) is 3.90. The number of aliphatic hydroxyl groups is 1. The van der Waals surface area contributed by atoms with E-state index < -0.39 is 6.10 Å². The summed E-state index contributed by atoms with van der Waals surface area (Å²) in [5, 5.41) is 9.44. The largest absolute Gasteiger partial charge is 0.384 e. The first kappa shape index (κ1) is 8.94. The molecule has 1 unspecified atom stereocenters. The number of pyridine rings is 1. The first-order chi connectivity index (χ1) is 5.65. The zero-order valence-electron chi connectivity index (χ0n) is 7.41. The van der Waals surface area contributed by atoms with Crippen molar-refractivity contribution in [2.75, 3.05) is 0 Å². The van der Waals surface area contributed by atoms with Crippen LogP contribution in [0.2, 0.25) is 0 Å². The number of aromatic nitrogens is 1. The zero-order chi connectivity index (χ0) is 9.14. The standard InChI is InChI=1S/C10H13NO/c1-4-10(12)9-6-5-7(2)11-8(9)3/h4-6,10,12H,1H2,2-3H3. The normalized spacial score (nSPS) is 12.6. The molecule has 0 aliphatic heterocycles. The Kier molecular flexibility index (Phi) is 2.61. The number of nitrogens with zero attached hydrogens (tertiary/aromatic N) is 1. The molecule has 1 aromatic heterocycles. The van der Waals surface area contributed by atoms with Gasteiger partial charge in [-0.3, -0.25) is 4.98 Å². The van der Waals surface area contributed by atoms with E-state index in [4.69, 9.17) is 0 Å². The Morgan fingerprint density at radius 3 is 2.67 bits per heavy atom. The maximum atomic E-state index is 9.44. The Bertz CT molecular complexity index is 294. The maximum absolute atomic E-state index is 9.44. The summed E-state index contributed by atoms with van der Waals surface area (Å²) in [5.41, 5.74) is 2.66. The van der Waals surface area contributed by atoms with E-state index in [0.717, 1.165) is 17.0 Å². The van der Waals surface area contributed by atoms with Crippen LogP contribution >= 0.6 is 0 Å². The van der Waals surface area contributed by atoms with Gasteiger partial charge in [0.15, 0.2) is 0 Å². The molecule has 1 aromatic rings. The highest BCUT2D eigenvalue weighted by atomic mass is 16.3. The average Bonchev–Trinajstić information content (AvgIpc) is 2.03. The predicted octanol–water partition coefficient (Wildman–Crippen LogP) is 1.92. The third kappa shape index (κ3) is 1.71. The van der Waals surface area contributed by atoms with Gasteiger partial charge in [0, 0.05) is 17.0 Å². The first-order valence-electron chi connectivity index (χ1n) is 3.90. The van der Waals surface area contributed by atoms with Crippen LogP contribution in [-0.2, 0) is 0 Å². The van der Waals surface area contributed by atoms with Gasteiger partial charge < -0.3 is 5.11 Å². The fraction of sp³-hybridized carbons (Fsp3) is 0.300. The Hall–Kier alpha value is -1.15. The van der Waals surface area contributed by atoms with E-state index in [1.165, 1.54) is 6.08 Å². The SMILES string of the molecule is C=CC(O)c1ccc(C)nc1C. The van der Waals surface area contributed by atoms with Crippen molar-refractivity contribution in [2.45, 2.75) is 20.0 Å². The molecule has 0 aliphatic rings. The van der Waals surface area contributed by atoms with Crippen molar-refractivity contribution in [1.29, 1.82) is 0 Å². The van der Waals surface area contributed by atoms with Crippen LogP contribution in [0.5, 0.6) is 0 Å². The maximum Gasteiger partial charge on any atom is 0.0986 e. The highest BCUT2D eigenvalue weighted by Crippen LogP contribution is 2.16. The molecule has 0 spiro atoms. The van der Waals surface area contributed by atoms with Crippen LogP contribution < -0.4 is 0 Å². The molecule has 1 N–H and O–H groups in total. The molecule has 12 heavy (non-hydrogen) atoms. The third-order valence-electron chi connectivity index (χ3n) is 1.81. The van der Waals surface area contributed by atoms with Crippen molar-refractivity contribution in [3.8, 4) is 0 Å². The Morgan fingerprint density at radius 1 is 1.50 bits per heavy atom. The quantitative estimate of drug-likeness (QED) is 0.676. The Labute approximate surface area is 72.6 Å². The summed E-state index contributed by atoms with van der Waals surface area (Å²) in [6, 6.07) is 3.76. The third-order valence-corrected chi connectivity index (χ3v) is 1.81. The lowest BCUT2D eigenvalue weighted by atomic mass is 10.1. The van der Waals surface area contributed by atoms with Gasteiger partial charge in [-0.1, -0.05) is 12.1 Å². The molecule has 0 amide bonds. The number of rotatable bonds is 2. The van der Waals surface area contributed by atoms with Crippen LogP contribution in [0.4, 0.5) is 0 Å². The minimum atomic E-state index is -0.599. The van der Waals surface area contributed by atoms with Crippen LogP contribution in [0.25, 0.3) is 0 Å². The fourth-order valence-electron chi connectivity index (χ4n) is 1.14. The zero-order valence-corrected chi connectivity index (χ0v) is 7.41.